The summed E-state index contributed by atoms with van der Waals surface area (Å²) in [6.07, 6.45) is -2.82. The largest absolute Gasteiger partial charge is 0.502 e. The number of nitro benzene ring substituents is 1. The number of thiol groups is 1. The third-order valence-electron chi connectivity index (χ3n) is 2.39. The number of aliphatic hydroxyl groups excluding tert-OH is 2. The Hall–Kier alpha value is -1.38. The normalized spacial score (nSPS) is 14.2. The lowest BCUT2D eigenvalue weighted by Crippen LogP contribution is -2.19. The number of hydrogen-bond donors (Lipinski definition) is 4. The highest BCUT2D eigenvalue weighted by atomic mass is 32.1. The fraction of sp³-hybridized carbons (Fsp3) is 0.400. The Labute approximate surface area is 107 Å². The van der Waals surface area contributed by atoms with E-state index in [9.17, 15) is 29.8 Å². The molecule has 2 atom stereocenters. The van der Waals surface area contributed by atoms with Crippen molar-refractivity contribution in [1.29, 1.82) is 0 Å². The molecule has 0 heterocycles. The van der Waals surface area contributed by atoms with Gasteiger partial charge in [0.25, 0.3) is 0 Å². The van der Waals surface area contributed by atoms with Crippen LogP contribution in [-0.4, -0.2) is 32.1 Å². The van der Waals surface area contributed by atoms with Crippen molar-refractivity contribution in [2.45, 2.75) is 18.6 Å². The summed E-state index contributed by atoms with van der Waals surface area (Å²) in [5.41, 5.74) is -1.28. The highest BCUT2D eigenvalue weighted by Crippen LogP contribution is 2.36. The van der Waals surface area contributed by atoms with Gasteiger partial charge in [0.05, 0.1) is 17.1 Å². The van der Waals surface area contributed by atoms with Gasteiger partial charge in [0.15, 0.2) is 0 Å². The van der Waals surface area contributed by atoms with Crippen LogP contribution in [0.15, 0.2) is 12.1 Å². The number of phenolic OH excluding ortho intramolecular Hbond substituents is 1. The molecule has 100 valence electrons. The van der Waals surface area contributed by atoms with Gasteiger partial charge in [0.2, 0.25) is 5.75 Å². The minimum absolute atomic E-state index is 0.0913. The van der Waals surface area contributed by atoms with Gasteiger partial charge in [-0.15, -0.1) is 0 Å². The number of nitro groups is 1. The Kier molecular flexibility index (Phi) is 4.88. The summed E-state index contributed by atoms with van der Waals surface area (Å²) >= 11 is 3.85. The van der Waals surface area contributed by atoms with Crippen LogP contribution in [0.25, 0.3) is 0 Å². The molecule has 0 aliphatic heterocycles. The lowest BCUT2D eigenvalue weighted by atomic mass is 10.0. The average molecular weight is 277 g/mol. The van der Waals surface area contributed by atoms with Crippen LogP contribution in [0, 0.1) is 15.9 Å². The number of benzene rings is 1. The van der Waals surface area contributed by atoms with Crippen molar-refractivity contribution in [3.05, 3.63) is 33.6 Å². The van der Waals surface area contributed by atoms with Crippen LogP contribution in [0.1, 0.15) is 18.1 Å². The molecule has 0 saturated carbocycles. The molecule has 0 aliphatic carbocycles. The number of halogens is 1. The lowest BCUT2D eigenvalue weighted by Gasteiger charge is -2.18. The van der Waals surface area contributed by atoms with Crippen molar-refractivity contribution in [3.63, 3.8) is 0 Å². The van der Waals surface area contributed by atoms with Gasteiger partial charge in [-0.2, -0.15) is 12.6 Å². The Morgan fingerprint density at radius 1 is 1.44 bits per heavy atom. The third kappa shape index (κ3) is 3.09. The Balaban J connectivity index is 3.19. The monoisotopic (exact) mass is 277 g/mol. The zero-order chi connectivity index (χ0) is 13.9. The third-order valence-corrected chi connectivity index (χ3v) is 2.65. The maximum atomic E-state index is 13.2. The molecule has 0 amide bonds. The second-order valence-corrected chi connectivity index (χ2v) is 4.09. The second kappa shape index (κ2) is 5.98. The van der Waals surface area contributed by atoms with Crippen LogP contribution >= 0.6 is 12.6 Å². The summed E-state index contributed by atoms with van der Waals surface area (Å²) < 4.78 is 13.2. The molecule has 0 spiro atoms. The molecule has 3 N–H and O–H groups in total. The van der Waals surface area contributed by atoms with E-state index >= 15 is 0 Å². The zero-order valence-electron chi connectivity index (χ0n) is 9.15. The Morgan fingerprint density at radius 2 is 2.06 bits per heavy atom. The standard InChI is InChI=1S/C10H12FNO5S/c11-5-3-6(10(15)8(13)1-2-18)9(14)7(4-5)12(16)17/h3-4,8,10,13-15,18H,1-2H2. The lowest BCUT2D eigenvalue weighted by molar-refractivity contribution is -0.386. The number of hydrogen-bond acceptors (Lipinski definition) is 6. The summed E-state index contributed by atoms with van der Waals surface area (Å²) in [6.45, 7) is 0. The minimum Gasteiger partial charge on any atom is -0.502 e. The number of aliphatic hydroxyl groups is 2. The number of nitrogens with zero attached hydrogens (tertiary/aromatic N) is 1. The van der Waals surface area contributed by atoms with E-state index in [1.54, 1.807) is 0 Å². The first-order chi connectivity index (χ1) is 8.38. The van der Waals surface area contributed by atoms with Gasteiger partial charge >= 0.3 is 5.69 Å². The zero-order valence-corrected chi connectivity index (χ0v) is 10.0. The molecular formula is C10H12FNO5S. The van der Waals surface area contributed by atoms with E-state index in [1.165, 1.54) is 0 Å². The molecule has 1 aromatic carbocycles. The van der Waals surface area contributed by atoms with Crippen LogP contribution in [0.2, 0.25) is 0 Å². The number of aromatic hydroxyl groups is 1. The molecule has 1 aromatic rings. The predicted octanol–water partition coefficient (Wildman–Crippen LogP) is 1.15. The fourth-order valence-corrected chi connectivity index (χ4v) is 1.73. The van der Waals surface area contributed by atoms with Gasteiger partial charge in [-0.3, -0.25) is 10.1 Å². The van der Waals surface area contributed by atoms with Gasteiger partial charge in [0, 0.05) is 5.56 Å². The molecule has 0 radical (unpaired) electrons. The minimum atomic E-state index is -1.62. The van der Waals surface area contributed by atoms with Crippen LogP contribution < -0.4 is 0 Å². The quantitative estimate of drug-likeness (QED) is 0.367. The van der Waals surface area contributed by atoms with Gasteiger partial charge in [0.1, 0.15) is 11.9 Å². The van der Waals surface area contributed by atoms with Crippen molar-refractivity contribution in [2.24, 2.45) is 0 Å². The van der Waals surface area contributed by atoms with Crippen molar-refractivity contribution < 1.29 is 24.6 Å². The molecular weight excluding hydrogens is 265 g/mol. The highest BCUT2D eigenvalue weighted by molar-refractivity contribution is 7.80. The van der Waals surface area contributed by atoms with E-state index in [2.05, 4.69) is 12.6 Å². The van der Waals surface area contributed by atoms with Crippen molar-refractivity contribution in [3.8, 4) is 5.75 Å². The first-order valence-corrected chi connectivity index (χ1v) is 5.65. The van der Waals surface area contributed by atoms with Crippen LogP contribution in [-0.2, 0) is 0 Å². The summed E-state index contributed by atoms with van der Waals surface area (Å²) in [7, 11) is 0. The average Bonchev–Trinajstić information content (AvgIpc) is 2.30. The molecule has 8 heteroatoms. The fourth-order valence-electron chi connectivity index (χ4n) is 1.47. The smallest absolute Gasteiger partial charge is 0.314 e. The van der Waals surface area contributed by atoms with Gasteiger partial charge in [-0.25, -0.2) is 4.39 Å². The van der Waals surface area contributed by atoms with E-state index < -0.39 is 39.9 Å². The van der Waals surface area contributed by atoms with E-state index in [0.29, 0.717) is 6.07 Å². The SMILES string of the molecule is O=[N+]([O-])c1cc(F)cc(C(O)C(O)CCS)c1O. The molecule has 0 bridgehead atoms. The maximum absolute atomic E-state index is 13.2. The Bertz CT molecular complexity index is 456. The first-order valence-electron chi connectivity index (χ1n) is 5.02. The summed E-state index contributed by atoms with van der Waals surface area (Å²) in [4.78, 5) is 9.59. The van der Waals surface area contributed by atoms with Gasteiger partial charge < -0.3 is 15.3 Å². The predicted molar refractivity (Wildman–Crippen MR) is 64.2 cm³/mol. The highest BCUT2D eigenvalue weighted by Gasteiger charge is 2.27. The second-order valence-electron chi connectivity index (χ2n) is 3.64. The van der Waals surface area contributed by atoms with Gasteiger partial charge in [-0.1, -0.05) is 0 Å². The first kappa shape index (κ1) is 14.7. The van der Waals surface area contributed by atoms with Crippen LogP contribution in [0.3, 0.4) is 0 Å². The van der Waals surface area contributed by atoms with E-state index in [1.807, 2.05) is 0 Å². The topological polar surface area (TPSA) is 104 Å². The molecule has 1 rings (SSSR count). The molecule has 18 heavy (non-hydrogen) atoms. The molecule has 0 saturated heterocycles. The van der Waals surface area contributed by atoms with Crippen molar-refractivity contribution in [2.75, 3.05) is 5.75 Å². The Morgan fingerprint density at radius 3 is 2.56 bits per heavy atom. The van der Waals surface area contributed by atoms with E-state index in [-0.39, 0.29) is 12.2 Å². The molecule has 2 unspecified atom stereocenters. The molecule has 0 fully saturated rings. The molecule has 0 aliphatic rings. The van der Waals surface area contributed by atoms with Crippen LogP contribution in [0.4, 0.5) is 10.1 Å². The molecule has 6 nitrogen and oxygen atoms in total. The van der Waals surface area contributed by atoms with Crippen molar-refractivity contribution >= 4 is 18.3 Å². The summed E-state index contributed by atoms with van der Waals surface area (Å²) in [5, 5.41) is 39.4. The molecule has 0 aromatic heterocycles. The van der Waals surface area contributed by atoms with Gasteiger partial charge in [-0.05, 0) is 18.2 Å². The summed E-state index contributed by atoms with van der Waals surface area (Å²) in [6, 6.07) is 1.28. The number of rotatable bonds is 5. The van der Waals surface area contributed by atoms with Crippen molar-refractivity contribution in [1.82, 2.24) is 0 Å². The van der Waals surface area contributed by atoms with E-state index in [4.69, 9.17) is 0 Å². The van der Waals surface area contributed by atoms with Crippen LogP contribution in [0.5, 0.6) is 5.75 Å². The summed E-state index contributed by atoms with van der Waals surface area (Å²) in [5.74, 6) is -1.57. The number of phenols is 1. The van der Waals surface area contributed by atoms with E-state index in [0.717, 1.165) is 6.07 Å². The maximum Gasteiger partial charge on any atom is 0.314 e.